The number of hydrogen-bond donors (Lipinski definition) is 0. The second-order valence-electron chi connectivity index (χ2n) is 15.1. The average molecular weight is 757 g/mol. The summed E-state index contributed by atoms with van der Waals surface area (Å²) in [6.07, 6.45) is 0. The van der Waals surface area contributed by atoms with Crippen molar-refractivity contribution in [2.75, 3.05) is 7.05 Å². The highest BCUT2D eigenvalue weighted by Gasteiger charge is 2.34. The van der Waals surface area contributed by atoms with Crippen LogP contribution >= 0.6 is 0 Å². The Bertz CT molecular complexity index is 3270. The maximum atomic E-state index is 10.8. The van der Waals surface area contributed by atoms with Gasteiger partial charge in [-0.15, -0.1) is 0 Å². The molecule has 0 saturated carbocycles. The third-order valence-electron chi connectivity index (χ3n) is 11.7. The van der Waals surface area contributed by atoms with E-state index in [-0.39, 0.29) is 6.04 Å². The van der Waals surface area contributed by atoms with Gasteiger partial charge in [0.05, 0.1) is 40.1 Å². The first-order valence-electron chi connectivity index (χ1n) is 19.9. The minimum atomic E-state index is -0.353. The molecule has 0 aliphatic carbocycles. The zero-order valence-corrected chi connectivity index (χ0v) is 32.2. The molecule has 3 heterocycles. The van der Waals surface area contributed by atoms with Crippen molar-refractivity contribution >= 4 is 55.3 Å². The Hall–Kier alpha value is -7.94. The van der Waals surface area contributed by atoms with Gasteiger partial charge in [0.2, 0.25) is 0 Å². The highest BCUT2D eigenvalue weighted by atomic mass is 16.3. The summed E-state index contributed by atoms with van der Waals surface area (Å²) < 4.78 is 8.90. The predicted molar refractivity (Wildman–Crippen MR) is 241 cm³/mol. The van der Waals surface area contributed by atoms with Crippen LogP contribution in [-0.4, -0.2) is 22.4 Å². The normalized spacial score (nSPS) is 14.3. The smallest absolute Gasteiger partial charge is 0.137 e. The van der Waals surface area contributed by atoms with E-state index in [2.05, 4.69) is 156 Å². The summed E-state index contributed by atoms with van der Waals surface area (Å²) >= 11 is 0. The van der Waals surface area contributed by atoms with Crippen molar-refractivity contribution in [2.45, 2.75) is 6.04 Å². The van der Waals surface area contributed by atoms with E-state index < -0.39 is 0 Å². The van der Waals surface area contributed by atoms with Crippen molar-refractivity contribution in [1.82, 2.24) is 9.47 Å². The van der Waals surface area contributed by atoms with E-state index in [1.165, 1.54) is 0 Å². The van der Waals surface area contributed by atoms with Crippen molar-refractivity contribution in [2.24, 2.45) is 4.99 Å². The number of para-hydroxylation sites is 2. The lowest BCUT2D eigenvalue weighted by Gasteiger charge is -2.36. The van der Waals surface area contributed by atoms with Crippen LogP contribution in [0.25, 0.3) is 77.4 Å². The van der Waals surface area contributed by atoms with Crippen molar-refractivity contribution in [3.8, 4) is 34.0 Å². The number of aromatic nitrogens is 1. The highest BCUT2D eigenvalue weighted by Crippen LogP contribution is 2.46. The second-order valence-corrected chi connectivity index (χ2v) is 15.1. The summed E-state index contributed by atoms with van der Waals surface area (Å²) in [7, 11) is 2.06. The first-order valence-corrected chi connectivity index (χ1v) is 19.9. The van der Waals surface area contributed by atoms with E-state index in [0.717, 1.165) is 94.2 Å². The number of nitrogens with zero attached hydrogens (tertiary/aromatic N) is 4. The predicted octanol–water partition coefficient (Wildman–Crippen LogP) is 13.4. The molecule has 278 valence electrons. The van der Waals surface area contributed by atoms with Crippen LogP contribution in [0, 0.1) is 11.3 Å². The maximum Gasteiger partial charge on any atom is 0.137 e. The summed E-state index contributed by atoms with van der Waals surface area (Å²) in [6.45, 7) is 0. The quantitative estimate of drug-likeness (QED) is 0.170. The second kappa shape index (κ2) is 13.9. The number of fused-ring (bicyclic) bond motifs is 6. The molecule has 0 saturated heterocycles. The zero-order valence-electron chi connectivity index (χ0n) is 32.2. The topological polar surface area (TPSA) is 57.5 Å². The van der Waals surface area contributed by atoms with Gasteiger partial charge in [0, 0.05) is 50.8 Å². The van der Waals surface area contributed by atoms with Gasteiger partial charge in [-0.1, -0.05) is 158 Å². The Balaban J connectivity index is 1.26. The molecule has 0 radical (unpaired) electrons. The van der Waals surface area contributed by atoms with Gasteiger partial charge in [0.1, 0.15) is 17.0 Å². The highest BCUT2D eigenvalue weighted by molar-refractivity contribution is 6.18. The standard InChI is InChI=1S/C54H36N4O/c1-57-52(38-24-12-5-13-25-38)46(34-55)51(37-22-10-4-11-23-37)56-54(57)39-30-42(35-18-6-2-7-19-35)53(43(31-39)36-20-8-3-9-21-36)58-47-28-16-14-26-40(47)44-33-50-45(32-48(44)58)41-27-15-17-29-49(41)59-50/h2-33,52H,1H3. The van der Waals surface area contributed by atoms with Crippen LogP contribution in [0.15, 0.2) is 209 Å². The fourth-order valence-corrected chi connectivity index (χ4v) is 9.02. The first-order chi connectivity index (χ1) is 29.2. The maximum absolute atomic E-state index is 10.8. The van der Waals surface area contributed by atoms with E-state index >= 15 is 0 Å². The van der Waals surface area contributed by atoms with Gasteiger partial charge < -0.3 is 13.9 Å². The van der Waals surface area contributed by atoms with E-state index in [9.17, 15) is 5.26 Å². The van der Waals surface area contributed by atoms with E-state index in [0.29, 0.717) is 11.3 Å². The Morgan fingerprint density at radius 1 is 0.508 bits per heavy atom. The fourth-order valence-electron chi connectivity index (χ4n) is 9.02. The zero-order chi connectivity index (χ0) is 39.5. The number of amidine groups is 1. The van der Waals surface area contributed by atoms with Crippen LogP contribution < -0.4 is 0 Å². The minimum Gasteiger partial charge on any atom is -0.456 e. The molecular formula is C54H36N4O. The summed E-state index contributed by atoms with van der Waals surface area (Å²) in [5.74, 6) is 0.784. The van der Waals surface area contributed by atoms with Gasteiger partial charge in [-0.25, -0.2) is 4.99 Å². The Morgan fingerprint density at radius 3 is 1.71 bits per heavy atom. The van der Waals surface area contributed by atoms with Crippen molar-refractivity contribution in [3.05, 3.63) is 216 Å². The Kier molecular flexibility index (Phi) is 8.09. The van der Waals surface area contributed by atoms with Gasteiger partial charge in [-0.05, 0) is 53.1 Å². The molecule has 1 atom stereocenters. The van der Waals surface area contributed by atoms with Crippen LogP contribution in [0.1, 0.15) is 22.7 Å². The number of likely N-dealkylation sites (N-methyl/N-ethyl adjacent to an activating group) is 1. The summed E-state index contributed by atoms with van der Waals surface area (Å²) in [4.78, 5) is 7.60. The summed E-state index contributed by atoms with van der Waals surface area (Å²) in [5, 5.41) is 15.3. The largest absolute Gasteiger partial charge is 0.456 e. The van der Waals surface area contributed by atoms with Gasteiger partial charge in [-0.2, -0.15) is 5.26 Å². The van der Waals surface area contributed by atoms with Gasteiger partial charge in [-0.3, -0.25) is 0 Å². The molecule has 5 nitrogen and oxygen atoms in total. The number of benzene rings is 8. The summed E-state index contributed by atoms with van der Waals surface area (Å²) in [5.41, 5.74) is 13.5. The van der Waals surface area contributed by atoms with E-state index in [1.807, 2.05) is 60.7 Å². The van der Waals surface area contributed by atoms with Crippen LogP contribution in [-0.2, 0) is 0 Å². The molecule has 10 aromatic rings. The molecule has 5 heteroatoms. The lowest BCUT2D eigenvalue weighted by Crippen LogP contribution is -2.36. The number of furan rings is 1. The lowest BCUT2D eigenvalue weighted by atomic mass is 9.89. The first kappa shape index (κ1) is 34.3. The molecule has 0 bridgehead atoms. The molecule has 2 aromatic heterocycles. The van der Waals surface area contributed by atoms with Gasteiger partial charge in [0.25, 0.3) is 0 Å². The SMILES string of the molecule is CN1C(c2cc(-c3ccccc3)c(-n3c4ccccc4c4cc5oc6ccccc6c5cc43)c(-c3ccccc3)c2)=NC(c2ccccc2)=C(C#N)C1c1ccccc1. The van der Waals surface area contributed by atoms with Crippen LogP contribution in [0.2, 0.25) is 0 Å². The van der Waals surface area contributed by atoms with E-state index in [4.69, 9.17) is 9.41 Å². The van der Waals surface area contributed by atoms with Crippen LogP contribution in [0.3, 0.4) is 0 Å². The van der Waals surface area contributed by atoms with Crippen molar-refractivity contribution in [1.29, 1.82) is 5.26 Å². The molecule has 8 aromatic carbocycles. The average Bonchev–Trinajstić information content (AvgIpc) is 3.83. The number of aliphatic imine (C=N–C) groups is 1. The molecule has 1 unspecified atom stereocenters. The van der Waals surface area contributed by atoms with Crippen molar-refractivity contribution < 1.29 is 4.42 Å². The monoisotopic (exact) mass is 756 g/mol. The number of rotatable bonds is 6. The third kappa shape index (κ3) is 5.57. The number of hydrogen-bond acceptors (Lipinski definition) is 4. The fraction of sp³-hybridized carbons (Fsp3) is 0.0370. The van der Waals surface area contributed by atoms with Crippen molar-refractivity contribution in [3.63, 3.8) is 0 Å². The molecule has 59 heavy (non-hydrogen) atoms. The molecule has 0 amide bonds. The molecule has 1 aliphatic rings. The molecule has 11 rings (SSSR count). The molecule has 1 aliphatic heterocycles. The minimum absolute atomic E-state index is 0.353. The third-order valence-corrected chi connectivity index (χ3v) is 11.7. The summed E-state index contributed by atoms with van der Waals surface area (Å²) in [6, 6.07) is 69.9. The molecule has 0 spiro atoms. The molecular weight excluding hydrogens is 721 g/mol. The number of nitriles is 1. The van der Waals surface area contributed by atoms with Gasteiger partial charge in [0.15, 0.2) is 0 Å². The Morgan fingerprint density at radius 2 is 1.07 bits per heavy atom. The van der Waals surface area contributed by atoms with Crippen LogP contribution in [0.4, 0.5) is 0 Å². The van der Waals surface area contributed by atoms with Crippen LogP contribution in [0.5, 0.6) is 0 Å². The lowest BCUT2D eigenvalue weighted by molar-refractivity contribution is 0.423. The van der Waals surface area contributed by atoms with E-state index in [1.54, 1.807) is 0 Å². The van der Waals surface area contributed by atoms with Gasteiger partial charge >= 0.3 is 0 Å². The Labute approximate surface area is 341 Å². The molecule has 0 fully saturated rings. The molecule has 0 N–H and O–H groups in total.